The molecule has 0 N–H and O–H groups in total. The Morgan fingerprint density at radius 1 is 0.727 bits per heavy atom. The molecule has 4 heteroatoms. The Kier molecular flexibility index (Phi) is 7.11. The fourth-order valence-corrected chi connectivity index (χ4v) is 2.81. The van der Waals surface area contributed by atoms with Crippen LogP contribution in [0.2, 0.25) is 0 Å². The molecule has 0 aromatic carbocycles. The van der Waals surface area contributed by atoms with Gasteiger partial charge < -0.3 is 9.80 Å². The minimum absolute atomic E-state index is 0.470. The van der Waals surface area contributed by atoms with Crippen molar-refractivity contribution in [2.24, 2.45) is 11.8 Å². The third kappa shape index (κ3) is 5.47. The van der Waals surface area contributed by atoms with Gasteiger partial charge in [-0.2, -0.15) is 0 Å². The van der Waals surface area contributed by atoms with Crippen LogP contribution in [0, 0.1) is 11.8 Å². The molecule has 2 atom stereocenters. The van der Waals surface area contributed by atoms with Gasteiger partial charge in [-0.15, -0.1) is 0 Å². The van der Waals surface area contributed by atoms with Gasteiger partial charge in [0.1, 0.15) is 11.6 Å². The molecule has 0 saturated heterocycles. The summed E-state index contributed by atoms with van der Waals surface area (Å²) >= 11 is 0. The van der Waals surface area contributed by atoms with Gasteiger partial charge in [-0.1, -0.05) is 27.7 Å². The lowest BCUT2D eigenvalue weighted by Crippen LogP contribution is -2.32. The van der Waals surface area contributed by atoms with Crippen LogP contribution >= 0.6 is 0 Å². The van der Waals surface area contributed by atoms with Gasteiger partial charge in [0.05, 0.1) is 12.4 Å². The maximum absolute atomic E-state index is 4.61. The fraction of sp³-hybridized carbons (Fsp3) is 0.778. The van der Waals surface area contributed by atoms with Crippen molar-refractivity contribution < 1.29 is 0 Å². The molecule has 1 rings (SSSR count). The smallest absolute Gasteiger partial charge is 0.147 e. The number of rotatable bonds is 8. The minimum Gasteiger partial charge on any atom is -0.356 e. The standard InChI is InChI=1S/C18H34N4/c1-13(2)9-15(5)21(7)17-11-20-18(12-19-17)22(8)16(6)10-14(3)4/h11-16H,9-10H2,1-8H3. The molecule has 1 aromatic heterocycles. The quantitative estimate of drug-likeness (QED) is 0.720. The first kappa shape index (κ1) is 18.7. The highest BCUT2D eigenvalue weighted by Gasteiger charge is 2.16. The number of hydrogen-bond acceptors (Lipinski definition) is 4. The van der Waals surface area contributed by atoms with Gasteiger partial charge >= 0.3 is 0 Å². The highest BCUT2D eigenvalue weighted by atomic mass is 15.2. The Hall–Kier alpha value is -1.32. The average molecular weight is 306 g/mol. The van der Waals surface area contributed by atoms with Gasteiger partial charge in [0.25, 0.3) is 0 Å². The second kappa shape index (κ2) is 8.35. The predicted molar refractivity (Wildman–Crippen MR) is 96.7 cm³/mol. The molecular formula is C18H34N4. The van der Waals surface area contributed by atoms with Crippen LogP contribution in [0.25, 0.3) is 0 Å². The number of aromatic nitrogens is 2. The summed E-state index contributed by atoms with van der Waals surface area (Å²) in [6.07, 6.45) is 6.10. The van der Waals surface area contributed by atoms with Gasteiger partial charge in [-0.05, 0) is 38.5 Å². The van der Waals surface area contributed by atoms with Crippen molar-refractivity contribution in [2.45, 2.75) is 66.5 Å². The Bertz CT molecular complexity index is 386. The van der Waals surface area contributed by atoms with Crippen molar-refractivity contribution in [1.29, 1.82) is 0 Å². The van der Waals surface area contributed by atoms with E-state index in [-0.39, 0.29) is 0 Å². The second-order valence-corrected chi connectivity index (χ2v) is 7.41. The third-order valence-corrected chi connectivity index (χ3v) is 4.29. The monoisotopic (exact) mass is 306 g/mol. The van der Waals surface area contributed by atoms with Crippen LogP contribution in [0.15, 0.2) is 12.4 Å². The summed E-state index contributed by atoms with van der Waals surface area (Å²) in [5, 5.41) is 0. The first-order valence-corrected chi connectivity index (χ1v) is 8.50. The summed E-state index contributed by atoms with van der Waals surface area (Å²) in [5.41, 5.74) is 0. The molecule has 0 fully saturated rings. The van der Waals surface area contributed by atoms with Crippen LogP contribution in [0.1, 0.15) is 54.4 Å². The highest BCUT2D eigenvalue weighted by Crippen LogP contribution is 2.20. The Morgan fingerprint density at radius 2 is 1.05 bits per heavy atom. The molecule has 0 saturated carbocycles. The Balaban J connectivity index is 2.73. The van der Waals surface area contributed by atoms with E-state index in [1.54, 1.807) is 0 Å². The van der Waals surface area contributed by atoms with Crippen molar-refractivity contribution in [2.75, 3.05) is 23.9 Å². The summed E-state index contributed by atoms with van der Waals surface area (Å²) in [5.74, 6) is 3.27. The van der Waals surface area contributed by atoms with E-state index in [1.807, 2.05) is 12.4 Å². The molecular weight excluding hydrogens is 272 g/mol. The van der Waals surface area contributed by atoms with E-state index in [4.69, 9.17) is 0 Å². The van der Waals surface area contributed by atoms with Gasteiger partial charge in [0.2, 0.25) is 0 Å². The number of anilines is 2. The summed E-state index contributed by atoms with van der Waals surface area (Å²) in [7, 11) is 4.20. The SMILES string of the molecule is CC(C)CC(C)N(C)c1cnc(N(C)C(C)CC(C)C)cn1. The van der Waals surface area contributed by atoms with E-state index in [0.717, 1.165) is 24.5 Å². The van der Waals surface area contributed by atoms with Crippen LogP contribution in [0.3, 0.4) is 0 Å². The van der Waals surface area contributed by atoms with Crippen LogP contribution in [-0.4, -0.2) is 36.1 Å². The van der Waals surface area contributed by atoms with Crippen molar-refractivity contribution in [1.82, 2.24) is 9.97 Å². The first-order valence-electron chi connectivity index (χ1n) is 8.50. The van der Waals surface area contributed by atoms with Crippen LogP contribution in [0.4, 0.5) is 11.6 Å². The Labute approximate surface area is 136 Å². The van der Waals surface area contributed by atoms with Crippen molar-refractivity contribution >= 4 is 11.6 Å². The van der Waals surface area contributed by atoms with Crippen LogP contribution < -0.4 is 9.80 Å². The summed E-state index contributed by atoms with van der Waals surface area (Å²) in [4.78, 5) is 13.7. The molecule has 0 aliphatic heterocycles. The van der Waals surface area contributed by atoms with E-state index < -0.39 is 0 Å². The zero-order valence-corrected chi connectivity index (χ0v) is 15.7. The van der Waals surface area contributed by atoms with Gasteiger partial charge in [-0.3, -0.25) is 0 Å². The van der Waals surface area contributed by atoms with Crippen LogP contribution in [-0.2, 0) is 0 Å². The fourth-order valence-electron chi connectivity index (χ4n) is 2.81. The van der Waals surface area contributed by atoms with E-state index in [1.165, 1.54) is 0 Å². The molecule has 1 aromatic rings. The lowest BCUT2D eigenvalue weighted by Gasteiger charge is -2.29. The maximum Gasteiger partial charge on any atom is 0.147 e. The normalized spacial score (nSPS) is 14.3. The van der Waals surface area contributed by atoms with Crippen molar-refractivity contribution in [3.8, 4) is 0 Å². The first-order chi connectivity index (χ1) is 10.2. The number of nitrogens with zero attached hydrogens (tertiary/aromatic N) is 4. The molecule has 22 heavy (non-hydrogen) atoms. The van der Waals surface area contributed by atoms with Gasteiger partial charge in [-0.25, -0.2) is 9.97 Å². The highest BCUT2D eigenvalue weighted by molar-refractivity contribution is 5.43. The van der Waals surface area contributed by atoms with E-state index in [9.17, 15) is 0 Å². The third-order valence-electron chi connectivity index (χ3n) is 4.29. The molecule has 0 aliphatic rings. The molecule has 4 nitrogen and oxygen atoms in total. The van der Waals surface area contributed by atoms with Gasteiger partial charge in [0, 0.05) is 26.2 Å². The van der Waals surface area contributed by atoms with Crippen molar-refractivity contribution in [3.63, 3.8) is 0 Å². The van der Waals surface area contributed by atoms with Crippen molar-refractivity contribution in [3.05, 3.63) is 12.4 Å². The van der Waals surface area contributed by atoms with Crippen LogP contribution in [0.5, 0.6) is 0 Å². The summed E-state index contributed by atoms with van der Waals surface area (Å²) in [6.45, 7) is 13.5. The Morgan fingerprint density at radius 3 is 1.27 bits per heavy atom. The largest absolute Gasteiger partial charge is 0.356 e. The minimum atomic E-state index is 0.470. The lowest BCUT2D eigenvalue weighted by molar-refractivity contribution is 0.499. The zero-order valence-electron chi connectivity index (χ0n) is 15.7. The molecule has 0 bridgehead atoms. The zero-order chi connectivity index (χ0) is 16.9. The molecule has 0 amide bonds. The topological polar surface area (TPSA) is 32.3 Å². The predicted octanol–water partition coefficient (Wildman–Crippen LogP) is 4.22. The lowest BCUT2D eigenvalue weighted by atomic mass is 10.0. The van der Waals surface area contributed by atoms with E-state index >= 15 is 0 Å². The summed E-state index contributed by atoms with van der Waals surface area (Å²) in [6, 6.07) is 0.940. The summed E-state index contributed by atoms with van der Waals surface area (Å²) < 4.78 is 0. The molecule has 0 spiro atoms. The average Bonchev–Trinajstić information content (AvgIpc) is 2.44. The second-order valence-electron chi connectivity index (χ2n) is 7.41. The maximum atomic E-state index is 4.61. The number of hydrogen-bond donors (Lipinski definition) is 0. The van der Waals surface area contributed by atoms with E-state index in [2.05, 4.69) is 75.4 Å². The molecule has 126 valence electrons. The van der Waals surface area contributed by atoms with Gasteiger partial charge in [0.15, 0.2) is 0 Å². The molecule has 1 heterocycles. The molecule has 0 aliphatic carbocycles. The molecule has 2 unspecified atom stereocenters. The van der Waals surface area contributed by atoms with E-state index in [0.29, 0.717) is 23.9 Å². The molecule has 0 radical (unpaired) electrons.